The first-order chi connectivity index (χ1) is 12.4. The smallest absolute Gasteiger partial charge is 0.434 e. The number of nitrogens with one attached hydrogen (secondary N) is 1. The molecule has 2 aliphatic heterocycles. The highest BCUT2D eigenvalue weighted by Gasteiger charge is 2.38. The summed E-state index contributed by atoms with van der Waals surface area (Å²) < 4.78 is 50.8. The van der Waals surface area contributed by atoms with E-state index >= 15 is 0 Å². The molecule has 4 heterocycles. The van der Waals surface area contributed by atoms with E-state index in [2.05, 4.69) is 15.3 Å². The normalized spacial score (nSPS) is 19.0. The molecule has 138 valence electrons. The number of pyridine rings is 1. The van der Waals surface area contributed by atoms with E-state index in [4.69, 9.17) is 9.47 Å². The van der Waals surface area contributed by atoms with Crippen LogP contribution in [0.25, 0.3) is 0 Å². The fraction of sp³-hybridized carbons (Fsp3) is 0.438. The number of hydrogen-bond donors (Lipinski definition) is 1. The lowest BCUT2D eigenvalue weighted by molar-refractivity contribution is -0.141. The van der Waals surface area contributed by atoms with E-state index in [0.29, 0.717) is 38.3 Å². The minimum Gasteiger partial charge on any atom is -0.484 e. The summed E-state index contributed by atoms with van der Waals surface area (Å²) >= 11 is 0. The van der Waals surface area contributed by atoms with Crippen molar-refractivity contribution in [2.45, 2.75) is 31.5 Å². The molecule has 1 unspecified atom stereocenters. The van der Waals surface area contributed by atoms with Crippen LogP contribution >= 0.6 is 0 Å². The van der Waals surface area contributed by atoms with Crippen molar-refractivity contribution in [3.8, 4) is 11.6 Å². The minimum atomic E-state index is -4.54. The lowest BCUT2D eigenvalue weighted by Gasteiger charge is -2.23. The number of aryl methyl sites for hydroxylation is 1. The summed E-state index contributed by atoms with van der Waals surface area (Å²) in [7, 11) is 0. The van der Waals surface area contributed by atoms with Gasteiger partial charge in [-0.05, 0) is 25.0 Å². The van der Waals surface area contributed by atoms with Crippen LogP contribution in [0.5, 0.6) is 11.6 Å². The fourth-order valence-corrected chi connectivity index (χ4v) is 3.08. The number of nitrogens with zero attached hydrogens (tertiary/aromatic N) is 3. The molecule has 7 nitrogen and oxygen atoms in total. The van der Waals surface area contributed by atoms with Gasteiger partial charge in [0, 0.05) is 12.7 Å². The first-order valence-electron chi connectivity index (χ1n) is 8.13. The fourth-order valence-electron chi connectivity index (χ4n) is 3.08. The number of carbonyl (C=O) groups excluding carboxylic acids is 1. The zero-order valence-corrected chi connectivity index (χ0v) is 13.5. The molecule has 0 saturated carbocycles. The van der Waals surface area contributed by atoms with Gasteiger partial charge in [-0.25, -0.2) is 4.98 Å². The predicted molar refractivity (Wildman–Crippen MR) is 83.1 cm³/mol. The van der Waals surface area contributed by atoms with E-state index in [1.807, 2.05) is 0 Å². The maximum atomic E-state index is 12.9. The molecule has 0 fully saturated rings. The maximum Gasteiger partial charge on any atom is 0.434 e. The number of ether oxygens (including phenoxy) is 2. The van der Waals surface area contributed by atoms with Crippen LogP contribution in [0.4, 0.5) is 19.0 Å². The number of fused-ring (bicyclic) bond motifs is 2. The highest BCUT2D eigenvalue weighted by atomic mass is 19.4. The Bertz CT molecular complexity index is 850. The summed E-state index contributed by atoms with van der Waals surface area (Å²) in [5.41, 5.74) is -0.982. The molecule has 2 aromatic rings. The average Bonchev–Trinajstić information content (AvgIpc) is 3.06. The van der Waals surface area contributed by atoms with Crippen LogP contribution in [-0.2, 0) is 17.5 Å². The number of hydrogen-bond acceptors (Lipinski definition) is 5. The van der Waals surface area contributed by atoms with E-state index in [9.17, 15) is 18.0 Å². The number of rotatable bonds is 2. The number of halogens is 3. The number of alkyl halides is 3. The maximum absolute atomic E-state index is 12.9. The average molecular weight is 368 g/mol. The molecule has 1 amide bonds. The van der Waals surface area contributed by atoms with Crippen LogP contribution in [0.2, 0.25) is 0 Å². The van der Waals surface area contributed by atoms with Crippen LogP contribution in [0, 0.1) is 0 Å². The van der Waals surface area contributed by atoms with Gasteiger partial charge in [-0.1, -0.05) is 0 Å². The Hall–Kier alpha value is -2.78. The zero-order valence-electron chi connectivity index (χ0n) is 13.5. The largest absolute Gasteiger partial charge is 0.484 e. The summed E-state index contributed by atoms with van der Waals surface area (Å²) in [4.78, 5) is 20.4. The molecule has 0 saturated heterocycles. The molecular weight excluding hydrogens is 353 g/mol. The molecule has 10 heteroatoms. The molecule has 0 radical (unpaired) electrons. The topological polar surface area (TPSA) is 78.3 Å². The summed E-state index contributed by atoms with van der Waals surface area (Å²) in [5, 5.41) is 2.63. The summed E-state index contributed by atoms with van der Waals surface area (Å²) in [6, 6.07) is 3.18. The third-order valence-corrected chi connectivity index (χ3v) is 4.27. The molecule has 0 spiro atoms. The Kier molecular flexibility index (Phi) is 3.97. The van der Waals surface area contributed by atoms with Gasteiger partial charge in [0.25, 0.3) is 5.88 Å². The van der Waals surface area contributed by atoms with Gasteiger partial charge in [0.15, 0.2) is 11.4 Å². The standard InChI is InChI=1S/C16H15F3N4O3/c17-16(18,19)11-8-23-5-1-2-9(13(23)20-11)14(24)21-12-4-3-10-15(22-12)26-7-6-25-10/h3-4,8-9H,1-2,5-7H2,(H,21,22,24). The van der Waals surface area contributed by atoms with Crippen molar-refractivity contribution in [1.29, 1.82) is 0 Å². The van der Waals surface area contributed by atoms with E-state index in [1.54, 1.807) is 12.1 Å². The molecule has 2 aromatic heterocycles. The number of aromatic nitrogens is 3. The molecular formula is C16H15F3N4O3. The zero-order chi connectivity index (χ0) is 18.3. The Labute approximate surface area is 146 Å². The second-order valence-corrected chi connectivity index (χ2v) is 6.06. The summed E-state index contributed by atoms with van der Waals surface area (Å²) in [6.07, 6.45) is -2.57. The summed E-state index contributed by atoms with van der Waals surface area (Å²) in [6.45, 7) is 1.19. The Morgan fingerprint density at radius 3 is 2.85 bits per heavy atom. The molecule has 0 bridgehead atoms. The molecule has 26 heavy (non-hydrogen) atoms. The van der Waals surface area contributed by atoms with Crippen molar-refractivity contribution in [2.24, 2.45) is 0 Å². The highest BCUT2D eigenvalue weighted by molar-refractivity contribution is 5.94. The van der Waals surface area contributed by atoms with Gasteiger partial charge in [-0.2, -0.15) is 18.2 Å². The van der Waals surface area contributed by atoms with E-state index in [1.165, 1.54) is 4.57 Å². The number of carbonyl (C=O) groups is 1. The third-order valence-electron chi connectivity index (χ3n) is 4.27. The van der Waals surface area contributed by atoms with Gasteiger partial charge in [0.1, 0.15) is 24.9 Å². The van der Waals surface area contributed by atoms with Gasteiger partial charge in [0.2, 0.25) is 5.91 Å². The van der Waals surface area contributed by atoms with Crippen LogP contribution in [0.1, 0.15) is 30.3 Å². The van der Waals surface area contributed by atoms with Gasteiger partial charge < -0.3 is 19.4 Å². The van der Waals surface area contributed by atoms with Crippen LogP contribution in [0.15, 0.2) is 18.3 Å². The molecule has 0 aliphatic carbocycles. The Morgan fingerprint density at radius 2 is 2.04 bits per heavy atom. The number of amides is 1. The van der Waals surface area contributed by atoms with E-state index < -0.39 is 23.7 Å². The van der Waals surface area contributed by atoms with Gasteiger partial charge in [-0.3, -0.25) is 4.79 Å². The van der Waals surface area contributed by atoms with Crippen molar-refractivity contribution in [3.63, 3.8) is 0 Å². The molecule has 1 atom stereocenters. The number of anilines is 1. The first kappa shape index (κ1) is 16.7. The van der Waals surface area contributed by atoms with Crippen LogP contribution < -0.4 is 14.8 Å². The van der Waals surface area contributed by atoms with Crippen LogP contribution in [-0.4, -0.2) is 33.7 Å². The van der Waals surface area contributed by atoms with E-state index in [0.717, 1.165) is 6.20 Å². The summed E-state index contributed by atoms with van der Waals surface area (Å²) in [5.74, 6) is -0.0854. The van der Waals surface area contributed by atoms with Gasteiger partial charge in [0.05, 0.1) is 5.92 Å². The minimum absolute atomic E-state index is 0.124. The predicted octanol–water partition coefficient (Wildman–Crippen LogP) is 2.58. The number of imidazole rings is 1. The van der Waals surface area contributed by atoms with Crippen molar-refractivity contribution >= 4 is 11.7 Å². The molecule has 0 aromatic carbocycles. The van der Waals surface area contributed by atoms with Crippen LogP contribution in [0.3, 0.4) is 0 Å². The quantitative estimate of drug-likeness (QED) is 0.882. The second kappa shape index (κ2) is 6.19. The van der Waals surface area contributed by atoms with Crippen molar-refractivity contribution in [1.82, 2.24) is 14.5 Å². The third kappa shape index (κ3) is 3.06. The van der Waals surface area contributed by atoms with Crippen molar-refractivity contribution < 1.29 is 27.4 Å². The SMILES string of the molecule is O=C(Nc1ccc2c(n1)OCCO2)C1CCCn2cc(C(F)(F)F)nc21. The molecule has 1 N–H and O–H groups in total. The van der Waals surface area contributed by atoms with Crippen molar-refractivity contribution in [3.05, 3.63) is 29.8 Å². The van der Waals surface area contributed by atoms with Gasteiger partial charge in [-0.15, -0.1) is 0 Å². The molecule has 2 aliphatic rings. The monoisotopic (exact) mass is 368 g/mol. The lowest BCUT2D eigenvalue weighted by Crippen LogP contribution is -2.28. The van der Waals surface area contributed by atoms with Crippen molar-refractivity contribution in [2.75, 3.05) is 18.5 Å². The Balaban J connectivity index is 1.55. The second-order valence-electron chi connectivity index (χ2n) is 6.06. The molecule has 4 rings (SSSR count). The highest BCUT2D eigenvalue weighted by Crippen LogP contribution is 2.34. The Morgan fingerprint density at radius 1 is 1.23 bits per heavy atom. The lowest BCUT2D eigenvalue weighted by atomic mass is 9.98. The van der Waals surface area contributed by atoms with Gasteiger partial charge >= 0.3 is 6.18 Å². The van der Waals surface area contributed by atoms with E-state index in [-0.39, 0.29) is 17.5 Å². The first-order valence-corrected chi connectivity index (χ1v) is 8.13.